The molecule has 7 heterocycles. The molecule has 0 atom stereocenters. The largest absolute Gasteiger partial charge is 0.303 e. The summed E-state index contributed by atoms with van der Waals surface area (Å²) in [6, 6.07) is 34.5. The van der Waals surface area contributed by atoms with E-state index in [-0.39, 0.29) is 5.41 Å². The van der Waals surface area contributed by atoms with Crippen LogP contribution in [-0.2, 0) is 12.0 Å². The van der Waals surface area contributed by atoms with Crippen LogP contribution in [0.15, 0.2) is 109 Å². The molecule has 5 aromatic heterocycles. The van der Waals surface area contributed by atoms with Gasteiger partial charge in [0.2, 0.25) is 17.2 Å². The molecule has 0 bridgehead atoms. The van der Waals surface area contributed by atoms with Crippen LogP contribution in [0, 0.1) is 18.6 Å². The summed E-state index contributed by atoms with van der Waals surface area (Å²) in [7, 11) is 0. The number of nitrogens with zero attached hydrogens (tertiary/aromatic N) is 4. The minimum absolute atomic E-state index is 0.0107. The molecule has 0 spiro atoms. The predicted molar refractivity (Wildman–Crippen MR) is 195 cm³/mol. The van der Waals surface area contributed by atoms with Crippen molar-refractivity contribution >= 4 is 49.0 Å². The molecule has 0 saturated carbocycles. The molecule has 0 amide bonds. The van der Waals surface area contributed by atoms with Gasteiger partial charge in [0.05, 0.1) is 22.9 Å². The molecule has 6 heteroatoms. The van der Waals surface area contributed by atoms with Crippen molar-refractivity contribution < 1.29 is 17.7 Å². The molecule has 2 aliphatic rings. The summed E-state index contributed by atoms with van der Waals surface area (Å²) in [5.74, 6) is 0.0149. The van der Waals surface area contributed by atoms with Crippen LogP contribution in [0.3, 0.4) is 0 Å². The van der Waals surface area contributed by atoms with Gasteiger partial charge >= 0.3 is 5.65 Å². The molecule has 9 aromatic rings. The molecule has 50 heavy (non-hydrogen) atoms. The Labute approximate surface area is 286 Å². The van der Waals surface area contributed by atoms with E-state index in [2.05, 4.69) is 137 Å². The summed E-state index contributed by atoms with van der Waals surface area (Å²) in [4.78, 5) is 0. The minimum Gasteiger partial charge on any atom is -0.303 e. The van der Waals surface area contributed by atoms with E-state index >= 15 is 4.39 Å². The monoisotopic (exact) mass is 654 g/mol. The van der Waals surface area contributed by atoms with Gasteiger partial charge in [0.15, 0.2) is 6.20 Å². The maximum Gasteiger partial charge on any atom is 0.302 e. The minimum atomic E-state index is -0.583. The highest BCUT2D eigenvalue weighted by molar-refractivity contribution is 6.13. The molecule has 2 aliphatic heterocycles. The Morgan fingerprint density at radius 3 is 2.36 bits per heavy atom. The Morgan fingerprint density at radius 1 is 0.720 bits per heavy atom. The highest BCUT2D eigenvalue weighted by Gasteiger charge is 2.41. The van der Waals surface area contributed by atoms with Crippen LogP contribution >= 0.6 is 0 Å². The quantitative estimate of drug-likeness (QED) is 0.124. The van der Waals surface area contributed by atoms with Crippen LogP contribution in [0.4, 0.5) is 8.78 Å². The van der Waals surface area contributed by atoms with E-state index in [4.69, 9.17) is 0 Å². The van der Waals surface area contributed by atoms with Gasteiger partial charge in [0.25, 0.3) is 5.69 Å². The van der Waals surface area contributed by atoms with Crippen molar-refractivity contribution in [3.8, 4) is 33.9 Å². The topological polar surface area (TPSA) is 17.8 Å². The van der Waals surface area contributed by atoms with Crippen molar-refractivity contribution in [1.29, 1.82) is 0 Å². The molecular formula is C44H32F2N4+2. The van der Waals surface area contributed by atoms with Crippen LogP contribution in [0.2, 0.25) is 0 Å². The van der Waals surface area contributed by atoms with E-state index in [1.165, 1.54) is 50.4 Å². The predicted octanol–water partition coefficient (Wildman–Crippen LogP) is 9.80. The van der Waals surface area contributed by atoms with Gasteiger partial charge in [-0.25, -0.2) is 8.78 Å². The van der Waals surface area contributed by atoms with Crippen LogP contribution < -0.4 is 8.97 Å². The number of pyridine rings is 3. The molecule has 0 unspecified atom stereocenters. The van der Waals surface area contributed by atoms with Crippen LogP contribution in [0.1, 0.15) is 37.7 Å². The second-order valence-corrected chi connectivity index (χ2v) is 15.0. The molecule has 0 aliphatic carbocycles. The Balaban J connectivity index is 1.40. The first-order valence-corrected chi connectivity index (χ1v) is 17.2. The molecule has 0 N–H and O–H groups in total. The standard InChI is InChI=1S/C44H32F2N4/c1-24-28-9-5-6-10-30(28)42-48(24)23-39-41-40-33(36-11-7-8-18-47(36)41)19-25(29-14-13-27(45)22-35(29)46)20-34(40)38-17-15-31-32-21-26(44(2,3)4)12-16-37(32)50(42)43(31)49(38)39/h5-22H,23H2,1-4H3/q+2. The van der Waals surface area contributed by atoms with Crippen LogP contribution in [-0.4, -0.2) is 9.13 Å². The van der Waals surface area contributed by atoms with Gasteiger partial charge in [-0.2, -0.15) is 13.5 Å². The molecule has 4 aromatic carbocycles. The van der Waals surface area contributed by atoms with Crippen molar-refractivity contribution in [2.24, 2.45) is 0 Å². The Morgan fingerprint density at radius 2 is 1.54 bits per heavy atom. The van der Waals surface area contributed by atoms with Crippen molar-refractivity contribution in [3.63, 3.8) is 0 Å². The summed E-state index contributed by atoms with van der Waals surface area (Å²) in [6.45, 7) is 9.70. The van der Waals surface area contributed by atoms with E-state index in [1.54, 1.807) is 6.07 Å². The second kappa shape index (κ2) is 9.21. The molecular weight excluding hydrogens is 623 g/mol. The van der Waals surface area contributed by atoms with Gasteiger partial charge in [-0.3, -0.25) is 0 Å². The summed E-state index contributed by atoms with van der Waals surface area (Å²) in [5, 5.41) is 7.05. The lowest BCUT2D eigenvalue weighted by Crippen LogP contribution is -2.39. The first-order valence-electron chi connectivity index (χ1n) is 17.2. The second-order valence-electron chi connectivity index (χ2n) is 15.0. The average Bonchev–Trinajstić information content (AvgIpc) is 3.67. The van der Waals surface area contributed by atoms with Crippen LogP contribution in [0.25, 0.3) is 82.9 Å². The van der Waals surface area contributed by atoms with Gasteiger partial charge in [0, 0.05) is 51.0 Å². The van der Waals surface area contributed by atoms with E-state index in [9.17, 15) is 4.39 Å². The van der Waals surface area contributed by atoms with E-state index in [1.807, 2.05) is 0 Å². The lowest BCUT2D eigenvalue weighted by molar-refractivity contribution is -0.593. The summed E-state index contributed by atoms with van der Waals surface area (Å²) < 4.78 is 39.3. The van der Waals surface area contributed by atoms with E-state index < -0.39 is 11.6 Å². The van der Waals surface area contributed by atoms with Gasteiger partial charge < -0.3 is 4.57 Å². The van der Waals surface area contributed by atoms with Gasteiger partial charge in [-0.05, 0) is 84.1 Å². The molecule has 4 nitrogen and oxygen atoms in total. The Bertz CT molecular complexity index is 3030. The Hall–Kier alpha value is -5.88. The van der Waals surface area contributed by atoms with Crippen LogP contribution in [0.5, 0.6) is 0 Å². The highest BCUT2D eigenvalue weighted by atomic mass is 19.1. The summed E-state index contributed by atoms with van der Waals surface area (Å²) in [6.07, 6.45) is 2.14. The third-order valence-corrected chi connectivity index (χ3v) is 11.3. The lowest BCUT2D eigenvalue weighted by atomic mass is 9.86. The maximum atomic E-state index is 15.4. The Kier molecular flexibility index (Phi) is 5.16. The normalized spacial score (nSPS) is 13.3. The van der Waals surface area contributed by atoms with Crippen molar-refractivity contribution in [3.05, 3.63) is 138 Å². The number of hydrogen-bond donors (Lipinski definition) is 0. The van der Waals surface area contributed by atoms with Crippen molar-refractivity contribution in [2.75, 3.05) is 0 Å². The smallest absolute Gasteiger partial charge is 0.302 e. The van der Waals surface area contributed by atoms with Crippen molar-refractivity contribution in [1.82, 2.24) is 9.13 Å². The number of halogens is 2. The number of hydrogen-bond acceptors (Lipinski definition) is 0. The molecule has 0 saturated heterocycles. The number of fused-ring (bicyclic) bond motifs is 12. The number of rotatable bonds is 1. The number of benzene rings is 4. The molecule has 11 rings (SSSR count). The highest BCUT2D eigenvalue weighted by Crippen LogP contribution is 2.45. The SMILES string of the molecule is Cc1c2ccccc2c2n1Cc1c3c4c(cc(-c5ccc(F)cc5F)cc4c4ccc5c6cc(C(C)(C)C)ccc6n-2c5[n+]14)-c1cccc[n+]1-3. The fraction of sp³-hybridized carbons (Fsp3) is 0.136. The molecule has 240 valence electrons. The van der Waals surface area contributed by atoms with Gasteiger partial charge in [0.1, 0.15) is 22.7 Å². The maximum absolute atomic E-state index is 15.4. The first-order chi connectivity index (χ1) is 24.2. The summed E-state index contributed by atoms with van der Waals surface area (Å²) >= 11 is 0. The zero-order valence-electron chi connectivity index (χ0n) is 28.1. The lowest BCUT2D eigenvalue weighted by Gasteiger charge is -2.18. The fourth-order valence-electron chi connectivity index (χ4n) is 8.92. The zero-order chi connectivity index (χ0) is 33.8. The first kappa shape index (κ1) is 28.0. The number of aromatic nitrogens is 4. The third kappa shape index (κ3) is 3.38. The average molecular weight is 655 g/mol. The van der Waals surface area contributed by atoms with Crippen molar-refractivity contribution in [2.45, 2.75) is 39.7 Å². The zero-order valence-corrected chi connectivity index (χ0v) is 28.1. The fourth-order valence-corrected chi connectivity index (χ4v) is 8.92. The third-order valence-electron chi connectivity index (χ3n) is 11.3. The summed E-state index contributed by atoms with van der Waals surface area (Å²) in [5.41, 5.74) is 11.4. The van der Waals surface area contributed by atoms with Gasteiger partial charge in [-0.15, -0.1) is 0 Å². The molecule has 0 fully saturated rings. The van der Waals surface area contributed by atoms with Gasteiger partial charge in [-0.1, -0.05) is 45.0 Å². The molecule has 0 radical (unpaired) electrons. The van der Waals surface area contributed by atoms with E-state index in [0.29, 0.717) is 12.1 Å². The number of aryl methyl sites for hydroxylation is 1. The van der Waals surface area contributed by atoms with E-state index in [0.717, 1.165) is 56.0 Å².